The van der Waals surface area contributed by atoms with Gasteiger partial charge in [0.15, 0.2) is 0 Å². The van der Waals surface area contributed by atoms with Crippen molar-refractivity contribution >= 4 is 5.97 Å². The molecule has 0 rings (SSSR count). The van der Waals surface area contributed by atoms with Crippen molar-refractivity contribution in [2.75, 3.05) is 34.3 Å². The van der Waals surface area contributed by atoms with Crippen LogP contribution in [0.1, 0.15) is 33.1 Å². The molecule has 0 aromatic rings. The summed E-state index contributed by atoms with van der Waals surface area (Å²) < 4.78 is 4.61. The fraction of sp³-hybridized carbons (Fsp3) is 0.923. The molecule has 1 atom stereocenters. The summed E-state index contributed by atoms with van der Waals surface area (Å²) in [5.41, 5.74) is 0. The third-order valence-electron chi connectivity index (χ3n) is 2.56. The highest BCUT2D eigenvalue weighted by Gasteiger charge is 2.11. The van der Waals surface area contributed by atoms with Gasteiger partial charge in [-0.2, -0.15) is 0 Å². The lowest BCUT2D eigenvalue weighted by atomic mass is 10.0. The molecule has 0 aromatic carbocycles. The zero-order valence-corrected chi connectivity index (χ0v) is 12.0. The highest BCUT2D eigenvalue weighted by atomic mass is 16.5. The standard InChI is InChI=1S/C13H28N2O2/c1-11(2)9-12(10-15(3)4)14-8-6-7-13(16)17-5/h11-12,14H,6-10H2,1-5H3. The molecule has 0 fully saturated rings. The third-order valence-corrected chi connectivity index (χ3v) is 2.56. The van der Waals surface area contributed by atoms with E-state index in [-0.39, 0.29) is 5.97 Å². The Labute approximate surface area is 106 Å². The van der Waals surface area contributed by atoms with Crippen LogP contribution in [-0.4, -0.2) is 51.2 Å². The number of carbonyl (C=O) groups excluding carboxylic acids is 1. The summed E-state index contributed by atoms with van der Waals surface area (Å²) in [6.45, 7) is 6.38. The second-order valence-electron chi connectivity index (χ2n) is 5.22. The summed E-state index contributed by atoms with van der Waals surface area (Å²) >= 11 is 0. The van der Waals surface area contributed by atoms with Crippen LogP contribution in [-0.2, 0) is 9.53 Å². The Balaban J connectivity index is 3.79. The van der Waals surface area contributed by atoms with Crippen LogP contribution in [0, 0.1) is 5.92 Å². The molecular formula is C13H28N2O2. The average Bonchev–Trinajstić information content (AvgIpc) is 2.22. The molecule has 1 N–H and O–H groups in total. The van der Waals surface area contributed by atoms with Crippen molar-refractivity contribution in [3.05, 3.63) is 0 Å². The van der Waals surface area contributed by atoms with E-state index in [4.69, 9.17) is 0 Å². The minimum atomic E-state index is -0.125. The maximum atomic E-state index is 11.0. The Kier molecular flexibility index (Phi) is 9.09. The third kappa shape index (κ3) is 10.3. The topological polar surface area (TPSA) is 41.6 Å². The van der Waals surface area contributed by atoms with E-state index in [0.717, 1.165) is 25.9 Å². The van der Waals surface area contributed by atoms with Crippen LogP contribution in [0.25, 0.3) is 0 Å². The van der Waals surface area contributed by atoms with Crippen molar-refractivity contribution in [2.24, 2.45) is 5.92 Å². The van der Waals surface area contributed by atoms with E-state index in [1.54, 1.807) is 0 Å². The van der Waals surface area contributed by atoms with Gasteiger partial charge in [0.25, 0.3) is 0 Å². The van der Waals surface area contributed by atoms with Crippen molar-refractivity contribution in [2.45, 2.75) is 39.2 Å². The highest BCUT2D eigenvalue weighted by Crippen LogP contribution is 2.05. The normalized spacial score (nSPS) is 13.1. The number of rotatable bonds is 9. The van der Waals surface area contributed by atoms with Crippen molar-refractivity contribution in [3.8, 4) is 0 Å². The van der Waals surface area contributed by atoms with Gasteiger partial charge in [0.05, 0.1) is 7.11 Å². The van der Waals surface area contributed by atoms with Gasteiger partial charge in [-0.05, 0) is 39.4 Å². The summed E-state index contributed by atoms with van der Waals surface area (Å²) in [4.78, 5) is 13.1. The summed E-state index contributed by atoms with van der Waals surface area (Å²) in [6.07, 6.45) is 2.50. The number of carbonyl (C=O) groups is 1. The van der Waals surface area contributed by atoms with E-state index in [9.17, 15) is 4.79 Å². The van der Waals surface area contributed by atoms with Crippen LogP contribution in [0.4, 0.5) is 0 Å². The minimum Gasteiger partial charge on any atom is -0.469 e. The molecule has 0 radical (unpaired) electrons. The maximum absolute atomic E-state index is 11.0. The molecule has 0 aliphatic rings. The summed E-state index contributed by atoms with van der Waals surface area (Å²) in [5, 5.41) is 3.51. The molecule has 0 heterocycles. The van der Waals surface area contributed by atoms with Gasteiger partial charge in [0.2, 0.25) is 0 Å². The number of likely N-dealkylation sites (N-methyl/N-ethyl adjacent to an activating group) is 1. The molecule has 17 heavy (non-hydrogen) atoms. The quantitative estimate of drug-likeness (QED) is 0.493. The fourth-order valence-corrected chi connectivity index (χ4v) is 1.87. The zero-order valence-electron chi connectivity index (χ0n) is 12.0. The number of ether oxygens (including phenoxy) is 1. The van der Waals surface area contributed by atoms with Crippen molar-refractivity contribution < 1.29 is 9.53 Å². The fourth-order valence-electron chi connectivity index (χ4n) is 1.87. The molecule has 0 saturated carbocycles. The Morgan fingerprint density at radius 1 is 1.35 bits per heavy atom. The zero-order chi connectivity index (χ0) is 13.3. The molecule has 102 valence electrons. The molecular weight excluding hydrogens is 216 g/mol. The van der Waals surface area contributed by atoms with E-state index in [1.165, 1.54) is 7.11 Å². The van der Waals surface area contributed by atoms with Crippen molar-refractivity contribution in [3.63, 3.8) is 0 Å². The second-order valence-corrected chi connectivity index (χ2v) is 5.22. The molecule has 0 aromatic heterocycles. The summed E-state index contributed by atoms with van der Waals surface area (Å²) in [6, 6.07) is 0.502. The molecule has 0 aliphatic heterocycles. The molecule has 0 amide bonds. The molecule has 1 unspecified atom stereocenters. The first-order valence-corrected chi connectivity index (χ1v) is 6.40. The minimum absolute atomic E-state index is 0.125. The van der Waals surface area contributed by atoms with E-state index in [0.29, 0.717) is 18.4 Å². The highest BCUT2D eigenvalue weighted by molar-refractivity contribution is 5.69. The lowest BCUT2D eigenvalue weighted by Crippen LogP contribution is -2.39. The van der Waals surface area contributed by atoms with Crippen molar-refractivity contribution in [1.29, 1.82) is 0 Å². The van der Waals surface area contributed by atoms with Gasteiger partial charge in [-0.15, -0.1) is 0 Å². The second kappa shape index (κ2) is 9.42. The van der Waals surface area contributed by atoms with E-state index in [2.05, 4.69) is 42.9 Å². The Hall–Kier alpha value is -0.610. The first-order valence-electron chi connectivity index (χ1n) is 6.40. The summed E-state index contributed by atoms with van der Waals surface area (Å²) in [5.74, 6) is 0.563. The number of nitrogens with one attached hydrogen (secondary N) is 1. The predicted octanol–water partition coefficient (Wildman–Crippen LogP) is 1.51. The molecule has 0 saturated heterocycles. The number of hydrogen-bond acceptors (Lipinski definition) is 4. The van der Waals surface area contributed by atoms with Gasteiger partial charge >= 0.3 is 5.97 Å². The largest absolute Gasteiger partial charge is 0.469 e. The molecule has 4 nitrogen and oxygen atoms in total. The first kappa shape index (κ1) is 16.4. The lowest BCUT2D eigenvalue weighted by Gasteiger charge is -2.24. The van der Waals surface area contributed by atoms with Crippen LogP contribution < -0.4 is 5.32 Å². The van der Waals surface area contributed by atoms with Crippen molar-refractivity contribution in [1.82, 2.24) is 10.2 Å². The molecule has 0 aliphatic carbocycles. The SMILES string of the molecule is COC(=O)CCCNC(CC(C)C)CN(C)C. The van der Waals surface area contributed by atoms with Crippen LogP contribution in [0.5, 0.6) is 0 Å². The van der Waals surface area contributed by atoms with E-state index >= 15 is 0 Å². The average molecular weight is 244 g/mol. The number of nitrogens with zero attached hydrogens (tertiary/aromatic N) is 1. The van der Waals surface area contributed by atoms with Gasteiger partial charge in [-0.25, -0.2) is 0 Å². The van der Waals surface area contributed by atoms with Crippen LogP contribution >= 0.6 is 0 Å². The Bertz CT molecular complexity index is 196. The maximum Gasteiger partial charge on any atom is 0.305 e. The number of methoxy groups -OCH3 is 1. The Morgan fingerprint density at radius 2 is 2.00 bits per heavy atom. The van der Waals surface area contributed by atoms with Crippen LogP contribution in [0.3, 0.4) is 0 Å². The van der Waals surface area contributed by atoms with Gasteiger partial charge in [-0.3, -0.25) is 4.79 Å². The van der Waals surface area contributed by atoms with E-state index < -0.39 is 0 Å². The van der Waals surface area contributed by atoms with E-state index in [1.807, 2.05) is 0 Å². The lowest BCUT2D eigenvalue weighted by molar-refractivity contribution is -0.140. The van der Waals surface area contributed by atoms with Crippen LogP contribution in [0.2, 0.25) is 0 Å². The smallest absolute Gasteiger partial charge is 0.305 e. The van der Waals surface area contributed by atoms with Gasteiger partial charge in [0.1, 0.15) is 0 Å². The summed E-state index contributed by atoms with van der Waals surface area (Å²) in [7, 11) is 5.61. The number of hydrogen-bond donors (Lipinski definition) is 1. The molecule has 0 bridgehead atoms. The van der Waals surface area contributed by atoms with Gasteiger partial charge < -0.3 is 15.0 Å². The first-order chi connectivity index (χ1) is 7.95. The Morgan fingerprint density at radius 3 is 2.47 bits per heavy atom. The monoisotopic (exact) mass is 244 g/mol. The molecule has 0 spiro atoms. The van der Waals surface area contributed by atoms with Crippen LogP contribution in [0.15, 0.2) is 0 Å². The molecule has 4 heteroatoms. The number of esters is 1. The predicted molar refractivity (Wildman–Crippen MR) is 71.0 cm³/mol. The van der Waals surface area contributed by atoms with Gasteiger partial charge in [-0.1, -0.05) is 13.8 Å². The van der Waals surface area contributed by atoms with Gasteiger partial charge in [0, 0.05) is 19.0 Å².